The van der Waals surface area contributed by atoms with Crippen LogP contribution in [0.15, 0.2) is 9.00 Å². The molecule has 1 aromatic heterocycles. The van der Waals surface area contributed by atoms with Crippen LogP contribution in [0.4, 0.5) is 0 Å². The van der Waals surface area contributed by atoms with Gasteiger partial charge in [0.1, 0.15) is 5.54 Å². The van der Waals surface area contributed by atoms with Gasteiger partial charge in [-0.3, -0.25) is 9.59 Å². The molecule has 1 aliphatic rings. The third-order valence-corrected chi connectivity index (χ3v) is 7.34. The lowest BCUT2D eigenvalue weighted by molar-refractivity contribution is -0.147. The number of nitrogens with one attached hydrogen (secondary N) is 1. The highest BCUT2D eigenvalue weighted by Gasteiger charge is 2.53. The lowest BCUT2D eigenvalue weighted by Gasteiger charge is -2.33. The van der Waals surface area contributed by atoms with Gasteiger partial charge in [-0.05, 0) is 26.2 Å². The van der Waals surface area contributed by atoms with E-state index in [-0.39, 0.29) is 22.9 Å². The van der Waals surface area contributed by atoms with Crippen LogP contribution < -0.4 is 4.87 Å². The number of thiazole rings is 1. The number of aliphatic carboxylic acids is 1. The number of carbonyl (C=O) groups is 1. The molecule has 1 atom stereocenters. The van der Waals surface area contributed by atoms with Gasteiger partial charge in [0, 0.05) is 12.2 Å². The number of aryl methyl sites for hydroxylation is 1. The van der Waals surface area contributed by atoms with Crippen LogP contribution in [0.25, 0.3) is 0 Å². The summed E-state index contributed by atoms with van der Waals surface area (Å²) in [6.07, 6.45) is 1.64. The van der Waals surface area contributed by atoms with E-state index in [1.54, 1.807) is 0 Å². The highest BCUT2D eigenvalue weighted by molar-refractivity contribution is 7.91. The van der Waals surface area contributed by atoms with Crippen molar-refractivity contribution in [1.82, 2.24) is 9.29 Å². The Bertz CT molecular complexity index is 705. The first kappa shape index (κ1) is 16.2. The van der Waals surface area contributed by atoms with Crippen LogP contribution in [0.3, 0.4) is 0 Å². The molecule has 2 rings (SSSR count). The summed E-state index contributed by atoms with van der Waals surface area (Å²) in [5, 5.41) is 9.58. The fourth-order valence-corrected chi connectivity index (χ4v) is 6.15. The Morgan fingerprint density at radius 2 is 2.19 bits per heavy atom. The molecule has 1 unspecified atom stereocenters. The van der Waals surface area contributed by atoms with Gasteiger partial charge in [0.05, 0.1) is 0 Å². The summed E-state index contributed by atoms with van der Waals surface area (Å²) in [6, 6.07) is 0. The molecule has 2 N–H and O–H groups in total. The van der Waals surface area contributed by atoms with Crippen molar-refractivity contribution in [3.05, 3.63) is 15.4 Å². The number of aromatic amines is 1. The summed E-state index contributed by atoms with van der Waals surface area (Å²) in [5.41, 5.74) is -1.14. The van der Waals surface area contributed by atoms with Gasteiger partial charge in [-0.25, -0.2) is 8.42 Å². The van der Waals surface area contributed by atoms with E-state index >= 15 is 0 Å². The number of H-pyrrole nitrogens is 1. The fraction of sp³-hybridized carbons (Fsp3) is 0.667. The number of hydrogen-bond donors (Lipinski definition) is 2. The zero-order chi connectivity index (χ0) is 15.8. The smallest absolute Gasteiger partial charge is 0.325 e. The minimum atomic E-state index is -3.98. The number of nitrogens with zero attached hydrogens (tertiary/aromatic N) is 1. The molecule has 2 heterocycles. The lowest BCUT2D eigenvalue weighted by atomic mass is 9.92. The summed E-state index contributed by atoms with van der Waals surface area (Å²) in [7, 11) is -3.98. The molecule has 0 aromatic carbocycles. The van der Waals surface area contributed by atoms with Crippen molar-refractivity contribution in [2.45, 2.75) is 49.3 Å². The molecular formula is C12H18N2O5S2. The molecule has 0 spiro atoms. The first-order chi connectivity index (χ1) is 9.75. The van der Waals surface area contributed by atoms with Crippen LogP contribution in [-0.4, -0.2) is 40.9 Å². The predicted octanol–water partition coefficient (Wildman–Crippen LogP) is 1.15. The molecule has 1 aliphatic heterocycles. The van der Waals surface area contributed by atoms with Crippen LogP contribution in [0.1, 0.15) is 38.3 Å². The van der Waals surface area contributed by atoms with E-state index in [2.05, 4.69) is 4.98 Å². The molecule has 0 radical (unpaired) electrons. The number of carboxylic acid groups (broad SMARTS) is 1. The quantitative estimate of drug-likeness (QED) is 0.840. The molecule has 0 aliphatic carbocycles. The van der Waals surface area contributed by atoms with Crippen molar-refractivity contribution in [1.29, 1.82) is 0 Å². The lowest BCUT2D eigenvalue weighted by Crippen LogP contribution is -2.52. The van der Waals surface area contributed by atoms with Gasteiger partial charge in [0.2, 0.25) is 0 Å². The normalized spacial score (nSPS) is 23.5. The van der Waals surface area contributed by atoms with E-state index in [9.17, 15) is 23.1 Å². The maximum Gasteiger partial charge on any atom is 0.325 e. The van der Waals surface area contributed by atoms with Gasteiger partial charge in [0.15, 0.2) is 4.21 Å². The molecule has 118 valence electrons. The van der Waals surface area contributed by atoms with E-state index in [1.807, 2.05) is 6.92 Å². The number of sulfonamides is 1. The second kappa shape index (κ2) is 5.54. The van der Waals surface area contributed by atoms with E-state index in [0.717, 1.165) is 4.31 Å². The molecule has 1 aromatic rings. The van der Waals surface area contributed by atoms with Crippen LogP contribution >= 0.6 is 11.3 Å². The predicted molar refractivity (Wildman–Crippen MR) is 78.1 cm³/mol. The maximum atomic E-state index is 12.8. The van der Waals surface area contributed by atoms with Crippen LogP contribution in [0.2, 0.25) is 0 Å². The highest BCUT2D eigenvalue weighted by Crippen LogP contribution is 2.39. The zero-order valence-electron chi connectivity index (χ0n) is 11.9. The second-order valence-electron chi connectivity index (χ2n) is 5.19. The van der Waals surface area contributed by atoms with Crippen molar-refractivity contribution in [2.24, 2.45) is 0 Å². The summed E-state index contributed by atoms with van der Waals surface area (Å²) < 4.78 is 26.5. The van der Waals surface area contributed by atoms with Crippen molar-refractivity contribution in [3.63, 3.8) is 0 Å². The average Bonchev–Trinajstić information content (AvgIpc) is 2.95. The molecule has 0 saturated carbocycles. The van der Waals surface area contributed by atoms with Crippen LogP contribution in [0.5, 0.6) is 0 Å². The van der Waals surface area contributed by atoms with Crippen LogP contribution in [0, 0.1) is 6.92 Å². The summed E-state index contributed by atoms with van der Waals surface area (Å²) >= 11 is 0.605. The maximum absolute atomic E-state index is 12.8. The molecule has 21 heavy (non-hydrogen) atoms. The van der Waals surface area contributed by atoms with Gasteiger partial charge in [-0.15, -0.1) is 0 Å². The van der Waals surface area contributed by atoms with Crippen molar-refractivity contribution < 1.29 is 18.3 Å². The Kier molecular flexibility index (Phi) is 4.27. The topological polar surface area (TPSA) is 108 Å². The first-order valence-electron chi connectivity index (χ1n) is 6.71. The molecule has 9 heteroatoms. The zero-order valence-corrected chi connectivity index (χ0v) is 13.5. The number of aromatic nitrogens is 1. The summed E-state index contributed by atoms with van der Waals surface area (Å²) in [5.74, 6) is -1.12. The molecule has 1 saturated heterocycles. The van der Waals surface area contributed by atoms with E-state index < -0.39 is 26.4 Å². The number of hydrogen-bond acceptors (Lipinski definition) is 5. The van der Waals surface area contributed by atoms with Gasteiger partial charge >= 0.3 is 10.8 Å². The van der Waals surface area contributed by atoms with Crippen LogP contribution in [-0.2, 0) is 14.8 Å². The minimum Gasteiger partial charge on any atom is -0.480 e. The Hall–Kier alpha value is -1.19. The largest absolute Gasteiger partial charge is 0.480 e. The van der Waals surface area contributed by atoms with Gasteiger partial charge in [-0.2, -0.15) is 4.31 Å². The standard InChI is InChI=1S/C12H18N2O5S2/c1-3-5-12(10(15)16)6-4-7-14(12)21(18,19)9-8(2)13-11(17)20-9/h3-7H2,1-2H3,(H,13,17)(H,15,16). The summed E-state index contributed by atoms with van der Waals surface area (Å²) in [4.78, 5) is 25.1. The number of carboxylic acids is 1. The van der Waals surface area contributed by atoms with Crippen molar-refractivity contribution >= 4 is 27.3 Å². The highest BCUT2D eigenvalue weighted by atomic mass is 32.2. The van der Waals surface area contributed by atoms with Crippen molar-refractivity contribution in [3.8, 4) is 0 Å². The number of rotatable bonds is 5. The molecular weight excluding hydrogens is 316 g/mol. The van der Waals surface area contributed by atoms with E-state index in [0.29, 0.717) is 30.6 Å². The Morgan fingerprint density at radius 3 is 2.67 bits per heavy atom. The monoisotopic (exact) mass is 334 g/mol. The molecule has 1 fully saturated rings. The van der Waals surface area contributed by atoms with Gasteiger partial charge < -0.3 is 10.1 Å². The third-order valence-electron chi connectivity index (χ3n) is 3.80. The second-order valence-corrected chi connectivity index (χ2v) is 8.24. The van der Waals surface area contributed by atoms with E-state index in [4.69, 9.17) is 0 Å². The SMILES string of the molecule is CCCC1(C(=O)O)CCCN1S(=O)(=O)c1sc(=O)[nH]c1C. The molecule has 0 amide bonds. The third kappa shape index (κ3) is 2.53. The van der Waals surface area contributed by atoms with E-state index in [1.165, 1.54) is 6.92 Å². The molecule has 7 nitrogen and oxygen atoms in total. The van der Waals surface area contributed by atoms with Crippen molar-refractivity contribution in [2.75, 3.05) is 6.54 Å². The first-order valence-corrected chi connectivity index (χ1v) is 8.97. The Morgan fingerprint density at radius 1 is 1.52 bits per heavy atom. The average molecular weight is 334 g/mol. The Labute approximate surface area is 126 Å². The summed E-state index contributed by atoms with van der Waals surface area (Å²) in [6.45, 7) is 3.50. The van der Waals surface area contributed by atoms with Gasteiger partial charge in [-0.1, -0.05) is 24.7 Å². The minimum absolute atomic E-state index is 0.0869. The van der Waals surface area contributed by atoms with Gasteiger partial charge in [0.25, 0.3) is 10.0 Å². The Balaban J connectivity index is 2.55. The fourth-order valence-electron chi connectivity index (χ4n) is 2.92. The molecule has 0 bridgehead atoms.